The van der Waals surface area contributed by atoms with Crippen molar-refractivity contribution in [3.05, 3.63) is 24.0 Å². The van der Waals surface area contributed by atoms with Crippen molar-refractivity contribution in [1.29, 1.82) is 0 Å². The number of pyridine rings is 1. The van der Waals surface area contributed by atoms with Crippen LogP contribution in [0.25, 0.3) is 0 Å². The number of hydrogen-bond donors (Lipinski definition) is 0. The fourth-order valence-corrected chi connectivity index (χ4v) is 3.66. The second-order valence-corrected chi connectivity index (χ2v) is 6.71. The number of hydrogen-bond acceptors (Lipinski definition) is 5. The van der Waals surface area contributed by atoms with Crippen molar-refractivity contribution in [2.24, 2.45) is 5.92 Å². The van der Waals surface area contributed by atoms with Gasteiger partial charge in [-0.1, -0.05) is 19.3 Å². The molecule has 6 heteroatoms. The number of nitrogens with zero attached hydrogens (tertiary/aromatic N) is 1. The van der Waals surface area contributed by atoms with E-state index in [1.54, 1.807) is 12.4 Å². The van der Waals surface area contributed by atoms with Crippen molar-refractivity contribution in [2.75, 3.05) is 19.8 Å². The van der Waals surface area contributed by atoms with Crippen molar-refractivity contribution in [3.63, 3.8) is 0 Å². The molecular formula is C18H24LiNO4. The van der Waals surface area contributed by atoms with Gasteiger partial charge in [0.2, 0.25) is 0 Å². The second-order valence-electron chi connectivity index (χ2n) is 6.71. The number of aromatic nitrogens is 1. The van der Waals surface area contributed by atoms with Gasteiger partial charge in [0.25, 0.3) is 0 Å². The normalized spacial score (nSPS) is 20.8. The van der Waals surface area contributed by atoms with Gasteiger partial charge in [0.05, 0.1) is 18.8 Å². The van der Waals surface area contributed by atoms with Crippen LogP contribution < -0.4 is 28.7 Å². The van der Waals surface area contributed by atoms with E-state index in [4.69, 9.17) is 9.47 Å². The Kier molecular flexibility index (Phi) is 7.15. The van der Waals surface area contributed by atoms with Gasteiger partial charge in [-0.25, -0.2) is 0 Å². The number of carboxylic acid groups (broad SMARTS) is 1. The van der Waals surface area contributed by atoms with Crippen molar-refractivity contribution < 1.29 is 38.2 Å². The molecule has 2 fully saturated rings. The molecule has 1 saturated carbocycles. The van der Waals surface area contributed by atoms with Crippen LogP contribution in [0, 0.1) is 5.92 Å². The first-order valence-electron chi connectivity index (χ1n) is 8.58. The molecule has 0 aromatic carbocycles. The molecule has 1 aliphatic carbocycles. The Hall–Kier alpha value is -1.02. The first-order valence-corrected chi connectivity index (χ1v) is 8.58. The number of carbonyl (C=O) groups is 1. The molecular weight excluding hydrogens is 301 g/mol. The van der Waals surface area contributed by atoms with E-state index in [-0.39, 0.29) is 18.9 Å². The summed E-state index contributed by atoms with van der Waals surface area (Å²) < 4.78 is 11.2. The molecule has 5 nitrogen and oxygen atoms in total. The van der Waals surface area contributed by atoms with Crippen LogP contribution in [-0.2, 0) is 14.9 Å². The number of rotatable bonds is 5. The molecule has 1 aliphatic heterocycles. The minimum absolute atomic E-state index is 0. The van der Waals surface area contributed by atoms with Gasteiger partial charge in [-0.05, 0) is 43.2 Å². The van der Waals surface area contributed by atoms with E-state index in [0.29, 0.717) is 49.9 Å². The van der Waals surface area contributed by atoms with E-state index in [9.17, 15) is 9.90 Å². The fraction of sp³-hybridized carbons (Fsp3) is 0.667. The standard InChI is InChI=1S/C18H25NO4.Li/c20-17(21)18(6-8-22-9-7-18)15-10-16(12-19-11-15)23-13-14-4-2-1-3-5-14;/h10-12,14H,1-9,13H2,(H,20,21);/q;+1/p-1. The van der Waals surface area contributed by atoms with Gasteiger partial charge >= 0.3 is 18.9 Å². The minimum atomic E-state index is -1.05. The van der Waals surface area contributed by atoms with E-state index in [1.807, 2.05) is 6.07 Å². The van der Waals surface area contributed by atoms with Crippen molar-refractivity contribution >= 4 is 5.97 Å². The average molecular weight is 325 g/mol. The van der Waals surface area contributed by atoms with Gasteiger partial charge in [-0.2, -0.15) is 0 Å². The summed E-state index contributed by atoms with van der Waals surface area (Å²) in [6.45, 7) is 1.55. The van der Waals surface area contributed by atoms with Gasteiger partial charge in [0.1, 0.15) is 5.75 Å². The molecule has 0 amide bonds. The maximum Gasteiger partial charge on any atom is 1.00 e. The minimum Gasteiger partial charge on any atom is -0.549 e. The van der Waals surface area contributed by atoms with E-state index in [2.05, 4.69) is 4.98 Å². The molecule has 0 bridgehead atoms. The smallest absolute Gasteiger partial charge is 0.549 e. The molecule has 3 rings (SSSR count). The Morgan fingerprint density at radius 1 is 1.25 bits per heavy atom. The van der Waals surface area contributed by atoms with Crippen molar-refractivity contribution in [1.82, 2.24) is 4.98 Å². The van der Waals surface area contributed by atoms with Gasteiger partial charge in [0.15, 0.2) is 0 Å². The van der Waals surface area contributed by atoms with E-state index in [0.717, 1.165) is 0 Å². The zero-order valence-corrected chi connectivity index (χ0v) is 14.5. The average Bonchev–Trinajstić information content (AvgIpc) is 2.61. The van der Waals surface area contributed by atoms with Gasteiger partial charge in [-0.15, -0.1) is 0 Å². The molecule has 24 heavy (non-hydrogen) atoms. The third kappa shape index (κ3) is 4.33. The van der Waals surface area contributed by atoms with E-state index in [1.165, 1.54) is 32.1 Å². The number of carboxylic acids is 1. The molecule has 2 aliphatic rings. The van der Waals surface area contributed by atoms with Crippen LogP contribution in [0.4, 0.5) is 0 Å². The van der Waals surface area contributed by atoms with Crippen molar-refractivity contribution in [2.45, 2.75) is 50.4 Å². The summed E-state index contributed by atoms with van der Waals surface area (Å²) in [5.41, 5.74) is -0.336. The monoisotopic (exact) mass is 325 g/mol. The summed E-state index contributed by atoms with van der Waals surface area (Å²) in [5.74, 6) is 0.206. The number of carbonyl (C=O) groups excluding carboxylic acids is 1. The second kappa shape index (κ2) is 8.89. The third-order valence-corrected chi connectivity index (χ3v) is 5.21. The molecule has 1 saturated heterocycles. The van der Waals surface area contributed by atoms with Crippen LogP contribution in [0.15, 0.2) is 18.5 Å². The summed E-state index contributed by atoms with van der Waals surface area (Å²) in [6, 6.07) is 1.82. The number of ether oxygens (including phenoxy) is 2. The van der Waals surface area contributed by atoms with Crippen molar-refractivity contribution in [3.8, 4) is 5.75 Å². The first-order chi connectivity index (χ1) is 11.2. The van der Waals surface area contributed by atoms with Gasteiger partial charge in [-0.3, -0.25) is 4.98 Å². The quantitative estimate of drug-likeness (QED) is 0.639. The summed E-state index contributed by atoms with van der Waals surface area (Å²) >= 11 is 0. The number of aliphatic carboxylic acids is 1. The van der Waals surface area contributed by atoms with Crippen LogP contribution in [0.1, 0.15) is 50.5 Å². The van der Waals surface area contributed by atoms with Crippen LogP contribution in [0.3, 0.4) is 0 Å². The van der Waals surface area contributed by atoms with Crippen LogP contribution in [-0.4, -0.2) is 30.8 Å². The maximum atomic E-state index is 11.8. The summed E-state index contributed by atoms with van der Waals surface area (Å²) in [6.07, 6.45) is 10.4. The molecule has 1 aromatic heterocycles. The Morgan fingerprint density at radius 2 is 1.96 bits per heavy atom. The zero-order chi connectivity index (χ0) is 16.1. The first kappa shape index (κ1) is 19.3. The molecule has 0 spiro atoms. The Labute approximate surface area is 155 Å². The molecule has 0 N–H and O–H groups in total. The largest absolute Gasteiger partial charge is 1.00 e. The van der Waals surface area contributed by atoms with Crippen LogP contribution in [0.5, 0.6) is 5.75 Å². The maximum absolute atomic E-state index is 11.8. The van der Waals surface area contributed by atoms with Crippen LogP contribution in [0.2, 0.25) is 0 Å². The molecule has 2 heterocycles. The third-order valence-electron chi connectivity index (χ3n) is 5.21. The van der Waals surface area contributed by atoms with E-state index < -0.39 is 11.4 Å². The Bertz CT molecular complexity index is 540. The predicted molar refractivity (Wildman–Crippen MR) is 83.0 cm³/mol. The van der Waals surface area contributed by atoms with Crippen LogP contribution >= 0.6 is 0 Å². The summed E-state index contributed by atoms with van der Waals surface area (Å²) in [7, 11) is 0. The van der Waals surface area contributed by atoms with Gasteiger partial charge in [0, 0.05) is 24.8 Å². The van der Waals surface area contributed by atoms with E-state index >= 15 is 0 Å². The molecule has 0 atom stereocenters. The zero-order valence-electron chi connectivity index (χ0n) is 14.5. The SMILES string of the molecule is O=C([O-])C1(c2cncc(OCC3CCCCC3)c2)CCOCC1.[Li+]. The topological polar surface area (TPSA) is 71.5 Å². The Morgan fingerprint density at radius 3 is 2.62 bits per heavy atom. The molecule has 126 valence electrons. The summed E-state index contributed by atoms with van der Waals surface area (Å²) in [5, 5.41) is 11.8. The molecule has 0 unspecified atom stereocenters. The Balaban J connectivity index is 0.00000208. The van der Waals surface area contributed by atoms with Gasteiger partial charge < -0.3 is 19.4 Å². The fourth-order valence-electron chi connectivity index (χ4n) is 3.66. The predicted octanol–water partition coefficient (Wildman–Crippen LogP) is -1.16. The molecule has 0 radical (unpaired) electrons. The molecule has 1 aromatic rings. The summed E-state index contributed by atoms with van der Waals surface area (Å²) in [4.78, 5) is 16.0.